The molecule has 2 amide bonds. The fourth-order valence-electron chi connectivity index (χ4n) is 5.23. The molecule has 0 spiro atoms. The number of quaternary nitrogens is 1. The predicted molar refractivity (Wildman–Crippen MR) is 228 cm³/mol. The Hall–Kier alpha value is -5.39. The number of likely N-dealkylation sites (N-methyl/N-ethyl adjacent to an activating group) is 2. The van der Waals surface area contributed by atoms with Crippen molar-refractivity contribution in [3.63, 3.8) is 0 Å². The van der Waals surface area contributed by atoms with Gasteiger partial charge in [-0.1, -0.05) is 96.1 Å². The van der Waals surface area contributed by atoms with E-state index in [0.29, 0.717) is 24.4 Å². The minimum absolute atomic E-state index is 0.178. The number of aliphatic imine (C=N–C) groups is 2. The minimum Gasteiger partial charge on any atom is -0.399 e. The van der Waals surface area contributed by atoms with E-state index in [0.717, 1.165) is 65.6 Å². The molecule has 1 aliphatic heterocycles. The van der Waals surface area contributed by atoms with E-state index in [2.05, 4.69) is 68.9 Å². The summed E-state index contributed by atoms with van der Waals surface area (Å²) in [5, 5.41) is 8.84. The third-order valence-corrected chi connectivity index (χ3v) is 8.41. The number of pyridine rings is 1. The first-order valence-corrected chi connectivity index (χ1v) is 19.5. The van der Waals surface area contributed by atoms with Gasteiger partial charge in [-0.05, 0) is 66.9 Å². The van der Waals surface area contributed by atoms with Gasteiger partial charge >= 0.3 is 6.09 Å². The number of alkyl carbamates (subject to hydrolysis) is 1. The molecule has 55 heavy (non-hydrogen) atoms. The van der Waals surface area contributed by atoms with Gasteiger partial charge in [0, 0.05) is 67.7 Å². The van der Waals surface area contributed by atoms with Crippen LogP contribution in [0.2, 0.25) is 0 Å². The number of ether oxygens (including phenoxy) is 1. The third-order valence-electron chi connectivity index (χ3n) is 8.41. The van der Waals surface area contributed by atoms with Gasteiger partial charge in [-0.2, -0.15) is 0 Å². The van der Waals surface area contributed by atoms with Crippen LogP contribution < -0.4 is 20.9 Å². The first kappa shape index (κ1) is 45.8. The molecule has 4 N–H and O–H groups in total. The number of rotatable bonds is 14. The van der Waals surface area contributed by atoms with Gasteiger partial charge in [0.2, 0.25) is 13.0 Å². The Balaban J connectivity index is 0.000000754. The maximum absolute atomic E-state index is 13.1. The highest BCUT2D eigenvalue weighted by Gasteiger charge is 2.15. The van der Waals surface area contributed by atoms with Crippen molar-refractivity contribution >= 4 is 35.3 Å². The SMILES string of the molecule is CC.CC.CCN(CC[NH+](C)COC(=O)NC)Cc1ccc(C(=O)Nc2ccc(C)c(NC3N=CCC(c4cccnc4)=N3)c2)cc1.CCc1ccccc1. The van der Waals surface area contributed by atoms with Crippen molar-refractivity contribution in [2.75, 3.05) is 51.1 Å². The smallest absolute Gasteiger partial charge is 0.399 e. The molecule has 2 atom stereocenters. The van der Waals surface area contributed by atoms with Gasteiger partial charge in [-0.25, -0.2) is 9.79 Å². The molecular weight excluding hydrogens is 689 g/mol. The highest BCUT2D eigenvalue weighted by Crippen LogP contribution is 2.23. The lowest BCUT2D eigenvalue weighted by atomic mass is 10.1. The summed E-state index contributed by atoms with van der Waals surface area (Å²) in [7, 11) is 3.54. The number of aryl methyl sites for hydroxylation is 2. The van der Waals surface area contributed by atoms with E-state index in [-0.39, 0.29) is 5.91 Å². The Bertz CT molecular complexity index is 1730. The maximum atomic E-state index is 13.1. The third kappa shape index (κ3) is 16.7. The number of carbonyl (C=O) groups excluding carboxylic acids is 2. The van der Waals surface area contributed by atoms with Crippen LogP contribution in [0.3, 0.4) is 0 Å². The summed E-state index contributed by atoms with van der Waals surface area (Å²) >= 11 is 0. The molecule has 0 fully saturated rings. The average Bonchev–Trinajstić information content (AvgIpc) is 3.25. The first-order chi connectivity index (χ1) is 26.8. The van der Waals surface area contributed by atoms with Crippen molar-refractivity contribution in [1.29, 1.82) is 0 Å². The second-order valence-corrected chi connectivity index (χ2v) is 12.3. The molecule has 4 aromatic rings. The molecule has 0 saturated carbocycles. The summed E-state index contributed by atoms with van der Waals surface area (Å²) in [6, 6.07) is 27.8. The number of nitrogens with zero attached hydrogens (tertiary/aromatic N) is 4. The summed E-state index contributed by atoms with van der Waals surface area (Å²) < 4.78 is 5.12. The maximum Gasteiger partial charge on any atom is 0.411 e. The van der Waals surface area contributed by atoms with Gasteiger partial charge in [0.1, 0.15) is 0 Å². The molecule has 1 aliphatic rings. The van der Waals surface area contributed by atoms with E-state index in [1.807, 2.05) is 109 Å². The normalized spacial score (nSPS) is 13.3. The van der Waals surface area contributed by atoms with Crippen LogP contribution in [-0.4, -0.2) is 80.6 Å². The van der Waals surface area contributed by atoms with Crippen molar-refractivity contribution in [2.45, 2.75) is 74.1 Å². The Morgan fingerprint density at radius 1 is 0.927 bits per heavy atom. The van der Waals surface area contributed by atoms with E-state index in [4.69, 9.17) is 9.73 Å². The van der Waals surface area contributed by atoms with E-state index in [9.17, 15) is 9.59 Å². The Morgan fingerprint density at radius 2 is 1.65 bits per heavy atom. The van der Waals surface area contributed by atoms with E-state index in [1.165, 1.54) is 5.56 Å². The molecular formula is C44H63N8O3+. The molecule has 296 valence electrons. The van der Waals surface area contributed by atoms with Crippen molar-refractivity contribution in [2.24, 2.45) is 9.98 Å². The van der Waals surface area contributed by atoms with E-state index < -0.39 is 12.4 Å². The molecule has 2 heterocycles. The van der Waals surface area contributed by atoms with Crippen molar-refractivity contribution in [1.82, 2.24) is 15.2 Å². The predicted octanol–water partition coefficient (Wildman–Crippen LogP) is 7.25. The van der Waals surface area contributed by atoms with Gasteiger partial charge < -0.3 is 25.6 Å². The van der Waals surface area contributed by atoms with Crippen LogP contribution in [0.15, 0.2) is 107 Å². The molecule has 0 saturated heterocycles. The topological polar surface area (TPSA) is 125 Å². The second-order valence-electron chi connectivity index (χ2n) is 12.3. The molecule has 5 rings (SSSR count). The lowest BCUT2D eigenvalue weighted by molar-refractivity contribution is -0.897. The molecule has 1 aromatic heterocycles. The zero-order valence-electron chi connectivity index (χ0n) is 34.4. The molecule has 2 unspecified atom stereocenters. The van der Waals surface area contributed by atoms with Crippen LogP contribution in [0.25, 0.3) is 0 Å². The lowest BCUT2D eigenvalue weighted by Gasteiger charge is -2.22. The molecule has 11 nitrogen and oxygen atoms in total. The van der Waals surface area contributed by atoms with Crippen molar-refractivity contribution in [3.05, 3.63) is 125 Å². The zero-order chi connectivity index (χ0) is 40.4. The van der Waals surface area contributed by atoms with Gasteiger partial charge in [-0.3, -0.25) is 19.7 Å². The number of aromatic nitrogens is 1. The second kappa shape index (κ2) is 26.4. The van der Waals surface area contributed by atoms with Gasteiger partial charge in [-0.15, -0.1) is 0 Å². The van der Waals surface area contributed by atoms with Gasteiger partial charge in [0.05, 0.1) is 19.3 Å². The average molecular weight is 752 g/mol. The Kier molecular flexibility index (Phi) is 22.0. The minimum atomic E-state index is -0.457. The molecule has 0 aliphatic carbocycles. The van der Waals surface area contributed by atoms with Gasteiger partial charge in [0.25, 0.3) is 5.91 Å². The van der Waals surface area contributed by atoms with Crippen LogP contribution in [0.5, 0.6) is 0 Å². The number of nitrogens with one attached hydrogen (secondary N) is 4. The van der Waals surface area contributed by atoms with Gasteiger partial charge in [0.15, 0.2) is 0 Å². The quantitative estimate of drug-likeness (QED) is 0.101. The molecule has 11 heteroatoms. The number of hydrogen-bond donors (Lipinski definition) is 4. The highest BCUT2D eigenvalue weighted by molar-refractivity contribution is 6.08. The Morgan fingerprint density at radius 3 is 2.27 bits per heavy atom. The van der Waals surface area contributed by atoms with Crippen LogP contribution in [0.1, 0.15) is 80.6 Å². The zero-order valence-corrected chi connectivity index (χ0v) is 34.4. The number of benzene rings is 3. The van der Waals surface area contributed by atoms with Crippen LogP contribution in [-0.2, 0) is 17.7 Å². The number of amides is 2. The summed E-state index contributed by atoms with van der Waals surface area (Å²) in [5.41, 5.74) is 7.57. The lowest BCUT2D eigenvalue weighted by Crippen LogP contribution is -3.10. The summed E-state index contributed by atoms with van der Waals surface area (Å²) in [4.78, 5) is 41.2. The monoisotopic (exact) mass is 752 g/mol. The largest absolute Gasteiger partial charge is 0.411 e. The van der Waals surface area contributed by atoms with Crippen molar-refractivity contribution in [3.8, 4) is 0 Å². The van der Waals surface area contributed by atoms with Crippen LogP contribution >= 0.6 is 0 Å². The molecule has 3 aromatic carbocycles. The van der Waals surface area contributed by atoms with Crippen molar-refractivity contribution < 1.29 is 19.2 Å². The van der Waals surface area contributed by atoms with Crippen LogP contribution in [0, 0.1) is 6.92 Å². The summed E-state index contributed by atoms with van der Waals surface area (Å²) in [5.74, 6) is -0.178. The fourth-order valence-corrected chi connectivity index (χ4v) is 5.23. The fraction of sp³-hybridized carbons (Fsp3) is 0.386. The molecule has 0 radical (unpaired) electrons. The van der Waals surface area contributed by atoms with Crippen LogP contribution in [0.4, 0.5) is 16.2 Å². The number of anilines is 2. The number of hydrogen-bond acceptors (Lipinski definition) is 8. The van der Waals surface area contributed by atoms with E-state index >= 15 is 0 Å². The summed E-state index contributed by atoms with van der Waals surface area (Å²) in [6.07, 6.45) is 6.33. The summed E-state index contributed by atoms with van der Waals surface area (Å²) in [6.45, 7) is 17.9. The standard InChI is InChI=1S/C32H40N8O3.C8H10.2C2H6/c1-5-40(18-17-39(4)22-43-32(42)33-3)21-24-9-11-25(12-10-24)30(41)36-27-13-8-23(2)29(19-27)38-31-35-16-14-28(37-31)26-7-6-15-34-20-26;1-2-8-6-4-3-5-7-8;2*1-2/h6-13,15-16,19-20,31,38H,5,14,17-18,21-22H2,1-4H3,(H,33,42)(H,36,41);3-7H,2H2,1H3;2*1-2H3/p+1. The Labute approximate surface area is 329 Å². The number of carbonyl (C=O) groups is 2. The highest BCUT2D eigenvalue weighted by atomic mass is 16.6. The van der Waals surface area contributed by atoms with E-state index in [1.54, 1.807) is 19.4 Å². The molecule has 0 bridgehead atoms. The first-order valence-electron chi connectivity index (χ1n) is 19.5.